The summed E-state index contributed by atoms with van der Waals surface area (Å²) in [5.41, 5.74) is 2.08. The first-order valence-electron chi connectivity index (χ1n) is 8.08. The van der Waals surface area contributed by atoms with Gasteiger partial charge in [-0.3, -0.25) is 0 Å². The van der Waals surface area contributed by atoms with Gasteiger partial charge < -0.3 is 15.0 Å². The summed E-state index contributed by atoms with van der Waals surface area (Å²) in [5.74, 6) is 2.01. The Bertz CT molecular complexity index is 704. The minimum absolute atomic E-state index is 0.0200. The predicted octanol–water partition coefficient (Wildman–Crippen LogP) is 3.17. The Morgan fingerprint density at radius 3 is 2.96 bits per heavy atom. The van der Waals surface area contributed by atoms with Gasteiger partial charge in [-0.1, -0.05) is 29.8 Å². The Morgan fingerprint density at radius 2 is 2.13 bits per heavy atom. The molecule has 3 aliphatic rings. The van der Waals surface area contributed by atoms with Crippen molar-refractivity contribution in [3.8, 4) is 5.75 Å². The van der Waals surface area contributed by atoms with Crippen LogP contribution in [0.1, 0.15) is 6.92 Å². The van der Waals surface area contributed by atoms with E-state index < -0.39 is 0 Å². The summed E-state index contributed by atoms with van der Waals surface area (Å²) in [6.07, 6.45) is 6.41. The third-order valence-corrected chi connectivity index (χ3v) is 4.84. The second-order valence-corrected chi connectivity index (χ2v) is 6.62. The number of amidine groups is 1. The summed E-state index contributed by atoms with van der Waals surface area (Å²) in [4.78, 5) is 7.35. The molecular formula is C18H20ClN3O. The molecule has 2 unspecified atom stereocenters. The van der Waals surface area contributed by atoms with Crippen LogP contribution in [0.5, 0.6) is 5.75 Å². The highest BCUT2D eigenvalue weighted by molar-refractivity contribution is 6.30. The van der Waals surface area contributed by atoms with Crippen LogP contribution in [0.25, 0.3) is 0 Å². The topological polar surface area (TPSA) is 36.9 Å². The van der Waals surface area contributed by atoms with Crippen LogP contribution in [0.2, 0.25) is 5.02 Å². The Balaban J connectivity index is 1.81. The van der Waals surface area contributed by atoms with E-state index in [1.807, 2.05) is 18.2 Å². The van der Waals surface area contributed by atoms with Gasteiger partial charge in [0.15, 0.2) is 0 Å². The number of aliphatic imine (C=N–C) groups is 1. The summed E-state index contributed by atoms with van der Waals surface area (Å²) in [5, 5.41) is 4.08. The molecule has 1 fully saturated rings. The minimum atomic E-state index is -0.0200. The standard InChI is InChI=1S/C18H20ClN3O/c1-12-3-2-4-14-17(12)23-16-11-13(19)5-6-15(16)21-18(14)22-9-7-20-8-10-22/h2-6,11,14,17,20H,7-10H2,1H3. The molecular weight excluding hydrogens is 310 g/mol. The minimum Gasteiger partial charge on any atom is -0.483 e. The van der Waals surface area contributed by atoms with Gasteiger partial charge in [0, 0.05) is 37.3 Å². The predicted molar refractivity (Wildman–Crippen MR) is 93.8 cm³/mol. The first-order valence-corrected chi connectivity index (χ1v) is 8.45. The lowest BCUT2D eigenvalue weighted by Crippen LogP contribution is -2.50. The monoisotopic (exact) mass is 329 g/mol. The fourth-order valence-electron chi connectivity index (χ4n) is 3.38. The molecule has 2 atom stereocenters. The van der Waals surface area contributed by atoms with E-state index >= 15 is 0 Å². The number of piperazine rings is 1. The molecule has 0 spiro atoms. The molecule has 0 amide bonds. The normalized spacial score (nSPS) is 26.4. The number of nitrogens with zero attached hydrogens (tertiary/aromatic N) is 2. The van der Waals surface area contributed by atoms with Crippen LogP contribution >= 0.6 is 11.6 Å². The molecule has 1 N–H and O–H groups in total. The third kappa shape index (κ3) is 2.77. The molecule has 1 aliphatic carbocycles. The molecule has 120 valence electrons. The van der Waals surface area contributed by atoms with Crippen molar-refractivity contribution in [2.75, 3.05) is 26.2 Å². The second-order valence-electron chi connectivity index (χ2n) is 6.18. The van der Waals surface area contributed by atoms with E-state index in [0.29, 0.717) is 5.02 Å². The molecule has 1 aromatic rings. The quantitative estimate of drug-likeness (QED) is 0.794. The van der Waals surface area contributed by atoms with E-state index in [1.165, 1.54) is 5.57 Å². The zero-order chi connectivity index (χ0) is 15.8. The van der Waals surface area contributed by atoms with Crippen molar-refractivity contribution in [1.29, 1.82) is 0 Å². The fourth-order valence-corrected chi connectivity index (χ4v) is 3.54. The van der Waals surface area contributed by atoms with Crippen LogP contribution in [0.4, 0.5) is 5.69 Å². The van der Waals surface area contributed by atoms with Gasteiger partial charge in [0.2, 0.25) is 0 Å². The highest BCUT2D eigenvalue weighted by Gasteiger charge is 2.35. The maximum absolute atomic E-state index is 6.31. The first-order chi connectivity index (χ1) is 11.2. The SMILES string of the molecule is CC1=CC=CC2C(N3CCNCC3)=Nc3ccc(Cl)cc3OC12. The van der Waals surface area contributed by atoms with Crippen molar-refractivity contribution in [3.63, 3.8) is 0 Å². The van der Waals surface area contributed by atoms with E-state index in [4.69, 9.17) is 21.3 Å². The van der Waals surface area contributed by atoms with Crippen molar-refractivity contribution in [2.24, 2.45) is 10.9 Å². The molecule has 1 aromatic carbocycles. The van der Waals surface area contributed by atoms with Crippen LogP contribution in [0.15, 0.2) is 47.0 Å². The molecule has 4 rings (SSSR count). The van der Waals surface area contributed by atoms with Gasteiger partial charge in [0.1, 0.15) is 23.4 Å². The van der Waals surface area contributed by atoms with Gasteiger partial charge in [-0.05, 0) is 24.6 Å². The summed E-state index contributed by atoms with van der Waals surface area (Å²) in [7, 11) is 0. The summed E-state index contributed by atoms with van der Waals surface area (Å²) < 4.78 is 6.31. The molecule has 2 aliphatic heterocycles. The van der Waals surface area contributed by atoms with Crippen molar-refractivity contribution < 1.29 is 4.74 Å². The molecule has 5 heteroatoms. The molecule has 1 saturated heterocycles. The third-order valence-electron chi connectivity index (χ3n) is 4.60. The van der Waals surface area contributed by atoms with E-state index in [9.17, 15) is 0 Å². The Kier molecular flexibility index (Phi) is 3.87. The van der Waals surface area contributed by atoms with Crippen LogP contribution in [0.3, 0.4) is 0 Å². The average Bonchev–Trinajstić information content (AvgIpc) is 2.73. The summed E-state index contributed by atoms with van der Waals surface area (Å²) in [6, 6.07) is 5.68. The number of hydrogen-bond acceptors (Lipinski definition) is 4. The molecule has 0 radical (unpaired) electrons. The Morgan fingerprint density at radius 1 is 1.30 bits per heavy atom. The van der Waals surface area contributed by atoms with Crippen LogP contribution in [-0.4, -0.2) is 43.0 Å². The number of rotatable bonds is 0. The van der Waals surface area contributed by atoms with Crippen molar-refractivity contribution >= 4 is 23.1 Å². The van der Waals surface area contributed by atoms with Crippen LogP contribution in [0, 0.1) is 5.92 Å². The Hall–Kier alpha value is -1.78. The average molecular weight is 330 g/mol. The molecule has 0 bridgehead atoms. The number of ether oxygens (including phenoxy) is 1. The smallest absolute Gasteiger partial charge is 0.147 e. The highest BCUT2D eigenvalue weighted by Crippen LogP contribution is 2.39. The number of benzene rings is 1. The van der Waals surface area contributed by atoms with Crippen molar-refractivity contribution in [3.05, 3.63) is 47.0 Å². The summed E-state index contributed by atoms with van der Waals surface area (Å²) >= 11 is 6.15. The largest absolute Gasteiger partial charge is 0.483 e. The van der Waals surface area contributed by atoms with Gasteiger partial charge in [-0.15, -0.1) is 0 Å². The molecule has 23 heavy (non-hydrogen) atoms. The maximum atomic E-state index is 6.31. The van der Waals surface area contributed by atoms with E-state index in [0.717, 1.165) is 43.5 Å². The number of fused-ring (bicyclic) bond motifs is 2. The van der Waals surface area contributed by atoms with Gasteiger partial charge in [0.25, 0.3) is 0 Å². The maximum Gasteiger partial charge on any atom is 0.147 e. The first kappa shape index (κ1) is 14.8. The van der Waals surface area contributed by atoms with E-state index in [1.54, 1.807) is 0 Å². The van der Waals surface area contributed by atoms with E-state index in [-0.39, 0.29) is 12.0 Å². The lowest BCUT2D eigenvalue weighted by atomic mass is 9.90. The van der Waals surface area contributed by atoms with Gasteiger partial charge in [-0.2, -0.15) is 0 Å². The number of allylic oxidation sites excluding steroid dienone is 2. The van der Waals surface area contributed by atoms with Crippen LogP contribution < -0.4 is 10.1 Å². The molecule has 4 nitrogen and oxygen atoms in total. The highest BCUT2D eigenvalue weighted by atomic mass is 35.5. The van der Waals surface area contributed by atoms with Crippen molar-refractivity contribution in [2.45, 2.75) is 13.0 Å². The number of hydrogen-bond donors (Lipinski definition) is 1. The Labute approximate surface area is 141 Å². The molecule has 0 saturated carbocycles. The second kappa shape index (κ2) is 6.02. The zero-order valence-corrected chi connectivity index (χ0v) is 13.9. The lowest BCUT2D eigenvalue weighted by Gasteiger charge is -2.36. The number of nitrogens with one attached hydrogen (secondary N) is 1. The zero-order valence-electron chi connectivity index (χ0n) is 13.1. The van der Waals surface area contributed by atoms with Gasteiger partial charge in [-0.25, -0.2) is 4.99 Å². The van der Waals surface area contributed by atoms with Crippen molar-refractivity contribution in [1.82, 2.24) is 10.2 Å². The van der Waals surface area contributed by atoms with E-state index in [2.05, 4.69) is 35.4 Å². The fraction of sp³-hybridized carbons (Fsp3) is 0.389. The van der Waals surface area contributed by atoms with Gasteiger partial charge in [0.05, 0.1) is 5.92 Å². The summed E-state index contributed by atoms with van der Waals surface area (Å²) in [6.45, 7) is 6.04. The van der Waals surface area contributed by atoms with Crippen LogP contribution in [-0.2, 0) is 0 Å². The molecule has 2 heterocycles. The molecule has 0 aromatic heterocycles. The number of halogens is 1. The van der Waals surface area contributed by atoms with Gasteiger partial charge >= 0.3 is 0 Å². The lowest BCUT2D eigenvalue weighted by molar-refractivity contribution is 0.210.